The maximum atomic E-state index is 13.2. The lowest BCUT2D eigenvalue weighted by molar-refractivity contribution is 0.0777. The molecule has 4 aromatic rings. The fourth-order valence-corrected chi connectivity index (χ4v) is 8.58. The molecule has 2 aliphatic rings. The van der Waals surface area contributed by atoms with Gasteiger partial charge in [-0.15, -0.1) is 0 Å². The van der Waals surface area contributed by atoms with Crippen LogP contribution >= 0.6 is 21.6 Å². The minimum Gasteiger partial charge on any atom is -0.448 e. The molecule has 6 rings (SSSR count). The van der Waals surface area contributed by atoms with Crippen molar-refractivity contribution in [3.63, 3.8) is 0 Å². The van der Waals surface area contributed by atoms with Gasteiger partial charge in [0.25, 0.3) is 0 Å². The van der Waals surface area contributed by atoms with Crippen LogP contribution in [0.15, 0.2) is 60.7 Å². The molecule has 0 fully saturated rings. The Hall–Kier alpha value is -4.68. The number of hydrogen-bond acceptors (Lipinski definition) is 10. The van der Waals surface area contributed by atoms with Gasteiger partial charge in [-0.25, -0.2) is 9.59 Å². The molecule has 270 valence electrons. The fourth-order valence-electron chi connectivity index (χ4n) is 6.93. The first-order valence-corrected chi connectivity index (χ1v) is 20.1. The van der Waals surface area contributed by atoms with Crippen molar-refractivity contribution in [2.24, 2.45) is 11.8 Å². The summed E-state index contributed by atoms with van der Waals surface area (Å²) >= 11 is 0. The van der Waals surface area contributed by atoms with Crippen LogP contribution in [0.2, 0.25) is 0 Å². The fraction of sp³-hybridized carbons (Fsp3) is 0.350. The van der Waals surface area contributed by atoms with Gasteiger partial charge in [0.15, 0.2) is 23.1 Å². The monoisotopic (exact) mass is 740 g/mol. The molecule has 2 unspecified atom stereocenters. The number of ether oxygens (including phenoxy) is 2. The maximum absolute atomic E-state index is 13.2. The van der Waals surface area contributed by atoms with Crippen LogP contribution in [0, 0.1) is 11.8 Å². The normalized spacial score (nSPS) is 16.3. The van der Waals surface area contributed by atoms with E-state index in [0.717, 1.165) is 25.7 Å². The van der Waals surface area contributed by atoms with Crippen LogP contribution in [0.4, 0.5) is 21.0 Å². The molecule has 4 aromatic carbocycles. The zero-order chi connectivity index (χ0) is 36.8. The summed E-state index contributed by atoms with van der Waals surface area (Å²) in [6, 6.07) is 17.2. The standard InChI is InChI=1S/C40H40N2O8S2/c1-3-5-9-29-35(43)25-13-7-11-23-31(17-15-27(33(23)25)37(29)45)41-39(47)49-19-21-51-52-22-20-50-40(48)42-32-18-16-28-34-24(32)12-8-14-26(34)36(44)30(38(28)46)10-6-4-2/h7-8,11-18,29-30H,3-6,9-10,19-22H2,1-2H3,(H,41,47)(H,42,48). The molecule has 0 spiro atoms. The lowest BCUT2D eigenvalue weighted by Crippen LogP contribution is -2.29. The summed E-state index contributed by atoms with van der Waals surface area (Å²) in [5.74, 6) is -1.02. The van der Waals surface area contributed by atoms with E-state index in [9.17, 15) is 28.8 Å². The molecule has 2 atom stereocenters. The van der Waals surface area contributed by atoms with Gasteiger partial charge in [0, 0.05) is 55.3 Å². The summed E-state index contributed by atoms with van der Waals surface area (Å²) in [6.07, 6.45) is 3.14. The molecular formula is C40H40N2O8S2. The second-order valence-corrected chi connectivity index (χ2v) is 15.5. The van der Waals surface area contributed by atoms with E-state index in [1.807, 2.05) is 13.8 Å². The molecule has 2 aliphatic carbocycles. The Morgan fingerprint density at radius 3 is 1.35 bits per heavy atom. The molecular weight excluding hydrogens is 701 g/mol. The largest absolute Gasteiger partial charge is 0.448 e. The lowest BCUT2D eigenvalue weighted by atomic mass is 9.77. The van der Waals surface area contributed by atoms with Crippen molar-refractivity contribution in [2.45, 2.75) is 52.4 Å². The van der Waals surface area contributed by atoms with Gasteiger partial charge >= 0.3 is 12.2 Å². The van der Waals surface area contributed by atoms with Gasteiger partial charge in [0.05, 0.1) is 23.2 Å². The van der Waals surface area contributed by atoms with Gasteiger partial charge in [-0.2, -0.15) is 0 Å². The highest BCUT2D eigenvalue weighted by atomic mass is 33.1. The number of carbonyl (C=O) groups excluding carboxylic acids is 6. The minimum absolute atomic E-state index is 0.137. The number of hydrogen-bond donors (Lipinski definition) is 2. The van der Waals surface area contributed by atoms with Crippen molar-refractivity contribution in [1.82, 2.24) is 0 Å². The molecule has 0 saturated carbocycles. The van der Waals surface area contributed by atoms with Crippen molar-refractivity contribution in [3.8, 4) is 0 Å². The first kappa shape index (κ1) is 37.1. The molecule has 2 N–H and O–H groups in total. The van der Waals surface area contributed by atoms with Crippen LogP contribution in [0.5, 0.6) is 0 Å². The molecule has 2 amide bonds. The van der Waals surface area contributed by atoms with Gasteiger partial charge in [0.2, 0.25) is 0 Å². The van der Waals surface area contributed by atoms with Crippen LogP contribution in [0.1, 0.15) is 93.8 Å². The minimum atomic E-state index is -0.664. The third-order valence-corrected chi connectivity index (χ3v) is 11.8. The molecule has 0 aliphatic heterocycles. The highest BCUT2D eigenvalue weighted by molar-refractivity contribution is 8.76. The van der Waals surface area contributed by atoms with Crippen molar-refractivity contribution in [1.29, 1.82) is 0 Å². The summed E-state index contributed by atoms with van der Waals surface area (Å²) in [5, 5.41) is 7.85. The number of ketones is 4. The molecule has 10 nitrogen and oxygen atoms in total. The van der Waals surface area contributed by atoms with Crippen LogP contribution < -0.4 is 10.6 Å². The predicted molar refractivity (Wildman–Crippen MR) is 206 cm³/mol. The highest BCUT2D eigenvalue weighted by Gasteiger charge is 2.37. The zero-order valence-electron chi connectivity index (χ0n) is 29.1. The van der Waals surface area contributed by atoms with Crippen LogP contribution in [0.25, 0.3) is 21.5 Å². The van der Waals surface area contributed by atoms with E-state index in [2.05, 4.69) is 10.6 Å². The van der Waals surface area contributed by atoms with E-state index in [-0.39, 0.29) is 36.3 Å². The Morgan fingerprint density at radius 2 is 0.962 bits per heavy atom. The van der Waals surface area contributed by atoms with Crippen LogP contribution in [-0.2, 0) is 9.47 Å². The molecule has 0 aromatic heterocycles. The summed E-state index contributed by atoms with van der Waals surface area (Å²) in [7, 11) is 2.92. The molecule has 0 radical (unpaired) electrons. The number of benzene rings is 4. The summed E-state index contributed by atoms with van der Waals surface area (Å²) in [6.45, 7) is 4.33. The Bertz CT molecular complexity index is 1890. The van der Waals surface area contributed by atoms with E-state index < -0.39 is 24.0 Å². The van der Waals surface area contributed by atoms with Crippen molar-refractivity contribution in [2.75, 3.05) is 35.4 Å². The van der Waals surface area contributed by atoms with E-state index in [4.69, 9.17) is 9.47 Å². The van der Waals surface area contributed by atoms with Crippen LogP contribution in [-0.4, -0.2) is 60.0 Å². The first-order chi connectivity index (χ1) is 25.2. The molecule has 0 saturated heterocycles. The Kier molecular flexibility index (Phi) is 12.0. The summed E-state index contributed by atoms with van der Waals surface area (Å²) in [4.78, 5) is 77.9. The Labute approximate surface area is 309 Å². The maximum Gasteiger partial charge on any atom is 0.411 e. The van der Waals surface area contributed by atoms with Crippen LogP contribution in [0.3, 0.4) is 0 Å². The number of unbranched alkanes of at least 4 members (excludes halogenated alkanes) is 2. The first-order valence-electron chi connectivity index (χ1n) is 17.6. The summed E-state index contributed by atoms with van der Waals surface area (Å²) in [5.41, 5.74) is 2.93. The predicted octanol–water partition coefficient (Wildman–Crippen LogP) is 9.54. The molecule has 12 heteroatoms. The van der Waals surface area contributed by atoms with E-state index >= 15 is 0 Å². The van der Waals surface area contributed by atoms with Crippen molar-refractivity contribution in [3.05, 3.63) is 82.9 Å². The lowest BCUT2D eigenvalue weighted by Gasteiger charge is -2.24. The van der Waals surface area contributed by atoms with Crippen molar-refractivity contribution >= 4 is 89.8 Å². The van der Waals surface area contributed by atoms with Gasteiger partial charge in [-0.05, 0) is 37.1 Å². The number of anilines is 2. The summed E-state index contributed by atoms with van der Waals surface area (Å²) < 4.78 is 10.7. The Balaban J connectivity index is 0.933. The number of nitrogens with one attached hydrogen (secondary N) is 2. The Morgan fingerprint density at radius 1 is 0.577 bits per heavy atom. The van der Waals surface area contributed by atoms with Gasteiger partial charge in [0.1, 0.15) is 13.2 Å². The van der Waals surface area contributed by atoms with Crippen molar-refractivity contribution < 1.29 is 38.2 Å². The number of carbonyl (C=O) groups is 6. The average molecular weight is 741 g/mol. The van der Waals surface area contributed by atoms with E-state index in [1.165, 1.54) is 21.6 Å². The smallest absolute Gasteiger partial charge is 0.411 e. The number of amides is 2. The second kappa shape index (κ2) is 16.8. The average Bonchev–Trinajstić information content (AvgIpc) is 3.14. The quantitative estimate of drug-likeness (QED) is 0.0687. The number of Topliss-reactive ketones (excluding diaryl/α,β-unsaturated/α-hetero) is 4. The molecule has 52 heavy (non-hydrogen) atoms. The SMILES string of the molecule is CCCCC1C(=O)c2cccc3c(NC(=O)OCCSSCCOC(=O)Nc4ccc5c6c(cccc46)C(=O)C(CCCC)C5=O)ccc(c23)C1=O. The zero-order valence-corrected chi connectivity index (χ0v) is 30.7. The molecule has 0 heterocycles. The van der Waals surface area contributed by atoms with Gasteiger partial charge in [-0.1, -0.05) is 97.5 Å². The van der Waals surface area contributed by atoms with E-state index in [0.29, 0.717) is 79.5 Å². The highest BCUT2D eigenvalue weighted by Crippen LogP contribution is 2.39. The second-order valence-electron chi connectivity index (χ2n) is 12.8. The molecule has 0 bridgehead atoms. The number of rotatable bonds is 15. The van der Waals surface area contributed by atoms with Gasteiger partial charge < -0.3 is 9.47 Å². The topological polar surface area (TPSA) is 145 Å². The van der Waals surface area contributed by atoms with E-state index in [1.54, 1.807) is 60.7 Å². The third kappa shape index (κ3) is 7.59. The van der Waals surface area contributed by atoms with Gasteiger partial charge in [-0.3, -0.25) is 29.8 Å². The third-order valence-electron chi connectivity index (χ3n) is 9.46.